The summed E-state index contributed by atoms with van der Waals surface area (Å²) >= 11 is 0. The Morgan fingerprint density at radius 3 is 2.50 bits per heavy atom. The minimum Gasteiger partial charge on any atom is -0.497 e. The molecule has 0 radical (unpaired) electrons. The molecule has 0 bridgehead atoms. The number of hydrogen-bond acceptors (Lipinski definition) is 6. The summed E-state index contributed by atoms with van der Waals surface area (Å²) in [5, 5.41) is 5.16. The lowest BCUT2D eigenvalue weighted by Gasteiger charge is -2.16. The fraction of sp³-hybridized carbons (Fsp3) is 0.167. The molecule has 2 aromatic heterocycles. The first kappa shape index (κ1) is 19.2. The van der Waals surface area contributed by atoms with Gasteiger partial charge in [-0.2, -0.15) is 13.2 Å². The molecule has 0 atom stereocenters. The number of ether oxygens (including phenoxy) is 1. The standard InChI is InChI=1S/C18H15F3N4O3/c1-27-12-6-4-11(5-7-12)9-22-16-15(23-10-26)14(13-3-2-8-28-13)24-17(25-16)18(19,20)21/h2-8,10H,9H2,1H3,(H,23,26)(H,22,24,25). The summed E-state index contributed by atoms with van der Waals surface area (Å²) in [4.78, 5) is 18.1. The second-order valence-electron chi connectivity index (χ2n) is 5.56. The molecule has 3 rings (SSSR count). The SMILES string of the molecule is COc1ccc(CNc2nc(C(F)(F)F)nc(-c3ccco3)c2NC=O)cc1. The van der Waals surface area contributed by atoms with Gasteiger partial charge >= 0.3 is 6.18 Å². The third kappa shape index (κ3) is 4.22. The third-order valence-electron chi connectivity index (χ3n) is 3.74. The van der Waals surface area contributed by atoms with Crippen molar-refractivity contribution in [2.75, 3.05) is 17.7 Å². The van der Waals surface area contributed by atoms with Gasteiger partial charge < -0.3 is 19.8 Å². The number of carbonyl (C=O) groups excluding carboxylic acids is 1. The number of benzene rings is 1. The van der Waals surface area contributed by atoms with Crippen LogP contribution in [0.4, 0.5) is 24.7 Å². The van der Waals surface area contributed by atoms with Gasteiger partial charge in [0.05, 0.1) is 13.4 Å². The molecule has 1 aromatic carbocycles. The minimum absolute atomic E-state index is 0.0218. The van der Waals surface area contributed by atoms with Gasteiger partial charge in [-0.25, -0.2) is 9.97 Å². The van der Waals surface area contributed by atoms with E-state index in [4.69, 9.17) is 9.15 Å². The number of nitrogens with zero attached hydrogens (tertiary/aromatic N) is 2. The van der Waals surface area contributed by atoms with E-state index in [2.05, 4.69) is 20.6 Å². The Labute approximate surface area is 157 Å². The van der Waals surface area contributed by atoms with Gasteiger partial charge in [-0.1, -0.05) is 12.1 Å². The fourth-order valence-electron chi connectivity index (χ4n) is 2.43. The maximum Gasteiger partial charge on any atom is 0.451 e. The van der Waals surface area contributed by atoms with Crippen molar-refractivity contribution in [3.63, 3.8) is 0 Å². The van der Waals surface area contributed by atoms with Crippen molar-refractivity contribution in [2.24, 2.45) is 0 Å². The highest BCUT2D eigenvalue weighted by Gasteiger charge is 2.37. The van der Waals surface area contributed by atoms with E-state index in [1.165, 1.54) is 25.5 Å². The maximum absolute atomic E-state index is 13.3. The van der Waals surface area contributed by atoms with Crippen LogP contribution in [-0.2, 0) is 17.5 Å². The zero-order chi connectivity index (χ0) is 20.1. The van der Waals surface area contributed by atoms with Gasteiger partial charge in [0, 0.05) is 6.54 Å². The van der Waals surface area contributed by atoms with Crippen molar-refractivity contribution in [1.82, 2.24) is 9.97 Å². The lowest BCUT2D eigenvalue weighted by atomic mass is 10.2. The second-order valence-corrected chi connectivity index (χ2v) is 5.56. The molecule has 0 unspecified atom stereocenters. The molecule has 7 nitrogen and oxygen atoms in total. The Bertz CT molecular complexity index is 942. The highest BCUT2D eigenvalue weighted by Crippen LogP contribution is 2.36. The van der Waals surface area contributed by atoms with Gasteiger partial charge in [0.1, 0.15) is 17.1 Å². The van der Waals surface area contributed by atoms with E-state index in [9.17, 15) is 18.0 Å². The molecule has 28 heavy (non-hydrogen) atoms. The van der Waals surface area contributed by atoms with E-state index in [0.717, 1.165) is 5.56 Å². The number of halogens is 3. The van der Waals surface area contributed by atoms with Gasteiger partial charge in [0.15, 0.2) is 11.6 Å². The topological polar surface area (TPSA) is 89.3 Å². The summed E-state index contributed by atoms with van der Waals surface area (Å²) < 4.78 is 50.0. The van der Waals surface area contributed by atoms with Crippen molar-refractivity contribution in [3.8, 4) is 17.2 Å². The maximum atomic E-state index is 13.3. The van der Waals surface area contributed by atoms with Gasteiger partial charge in [0.2, 0.25) is 12.2 Å². The van der Waals surface area contributed by atoms with E-state index in [1.54, 1.807) is 24.3 Å². The molecule has 146 valence electrons. The summed E-state index contributed by atoms with van der Waals surface area (Å²) in [6, 6.07) is 9.87. The first-order valence-electron chi connectivity index (χ1n) is 8.02. The minimum atomic E-state index is -4.78. The van der Waals surface area contributed by atoms with Crippen LogP contribution in [0.3, 0.4) is 0 Å². The van der Waals surface area contributed by atoms with Crippen molar-refractivity contribution in [1.29, 1.82) is 0 Å². The number of alkyl halides is 3. The van der Waals surface area contributed by atoms with Gasteiger partial charge in [-0.15, -0.1) is 0 Å². The lowest BCUT2D eigenvalue weighted by Crippen LogP contribution is -2.16. The van der Waals surface area contributed by atoms with Crippen LogP contribution in [-0.4, -0.2) is 23.5 Å². The number of hydrogen-bond donors (Lipinski definition) is 2. The Balaban J connectivity index is 2.01. The predicted molar refractivity (Wildman–Crippen MR) is 94.7 cm³/mol. The fourth-order valence-corrected chi connectivity index (χ4v) is 2.43. The summed E-state index contributed by atoms with van der Waals surface area (Å²) in [6.07, 6.45) is -3.16. The van der Waals surface area contributed by atoms with Crippen molar-refractivity contribution >= 4 is 17.9 Å². The van der Waals surface area contributed by atoms with Gasteiger partial charge in [-0.05, 0) is 29.8 Å². The number of amides is 1. The van der Waals surface area contributed by atoms with Gasteiger partial charge in [0.25, 0.3) is 0 Å². The quantitative estimate of drug-likeness (QED) is 0.592. The van der Waals surface area contributed by atoms with Crippen LogP contribution in [0.15, 0.2) is 47.1 Å². The van der Waals surface area contributed by atoms with Crippen molar-refractivity contribution in [3.05, 3.63) is 54.0 Å². The molecule has 0 aliphatic heterocycles. The second kappa shape index (κ2) is 7.99. The summed E-state index contributed by atoms with van der Waals surface area (Å²) in [7, 11) is 1.53. The molecule has 0 fully saturated rings. The Hall–Kier alpha value is -3.56. The number of aromatic nitrogens is 2. The molecule has 0 aliphatic rings. The molecule has 2 N–H and O–H groups in total. The molecule has 0 aliphatic carbocycles. The molecule has 3 aromatic rings. The number of furan rings is 1. The normalized spacial score (nSPS) is 11.1. The summed E-state index contributed by atoms with van der Waals surface area (Å²) in [5.41, 5.74) is 0.563. The smallest absolute Gasteiger partial charge is 0.451 e. The van der Waals surface area contributed by atoms with E-state index in [1.807, 2.05) is 0 Å². The average Bonchev–Trinajstić information content (AvgIpc) is 3.21. The van der Waals surface area contributed by atoms with E-state index in [0.29, 0.717) is 12.2 Å². The van der Waals surface area contributed by atoms with Crippen LogP contribution in [0, 0.1) is 0 Å². The molecule has 10 heteroatoms. The van der Waals surface area contributed by atoms with Crippen LogP contribution in [0.25, 0.3) is 11.5 Å². The van der Waals surface area contributed by atoms with Crippen molar-refractivity contribution < 1.29 is 27.1 Å². The molecule has 0 saturated heterocycles. The highest BCUT2D eigenvalue weighted by atomic mass is 19.4. The van der Waals surface area contributed by atoms with Crippen LogP contribution in [0.1, 0.15) is 11.4 Å². The van der Waals surface area contributed by atoms with E-state index >= 15 is 0 Å². The number of nitrogens with one attached hydrogen (secondary N) is 2. The molecule has 1 amide bonds. The van der Waals surface area contributed by atoms with Crippen molar-refractivity contribution in [2.45, 2.75) is 12.7 Å². The lowest BCUT2D eigenvalue weighted by molar-refractivity contribution is -0.144. The number of methoxy groups -OCH3 is 1. The van der Waals surface area contributed by atoms with Crippen LogP contribution < -0.4 is 15.4 Å². The van der Waals surface area contributed by atoms with Gasteiger partial charge in [-0.3, -0.25) is 4.79 Å². The van der Waals surface area contributed by atoms with Crippen LogP contribution in [0.2, 0.25) is 0 Å². The summed E-state index contributed by atoms with van der Waals surface area (Å²) in [5.74, 6) is -0.831. The number of anilines is 2. The Morgan fingerprint density at radius 2 is 1.93 bits per heavy atom. The largest absolute Gasteiger partial charge is 0.497 e. The van der Waals surface area contributed by atoms with E-state index < -0.39 is 12.0 Å². The predicted octanol–water partition coefficient (Wildman–Crippen LogP) is 3.94. The highest BCUT2D eigenvalue weighted by molar-refractivity contribution is 5.88. The molecule has 0 spiro atoms. The molecular weight excluding hydrogens is 377 g/mol. The first-order chi connectivity index (χ1) is 13.4. The number of rotatable bonds is 7. The Kier molecular flexibility index (Phi) is 5.48. The molecule has 0 saturated carbocycles. The number of carbonyl (C=O) groups is 1. The average molecular weight is 392 g/mol. The molecular formula is C18H15F3N4O3. The Morgan fingerprint density at radius 1 is 1.18 bits per heavy atom. The zero-order valence-corrected chi connectivity index (χ0v) is 14.6. The van der Waals surface area contributed by atoms with E-state index in [-0.39, 0.29) is 29.5 Å². The third-order valence-corrected chi connectivity index (χ3v) is 3.74. The zero-order valence-electron chi connectivity index (χ0n) is 14.6. The van der Waals surface area contributed by atoms with Crippen LogP contribution in [0.5, 0.6) is 5.75 Å². The first-order valence-corrected chi connectivity index (χ1v) is 8.02. The monoisotopic (exact) mass is 392 g/mol. The summed E-state index contributed by atoms with van der Waals surface area (Å²) in [6.45, 7) is 0.156. The van der Waals surface area contributed by atoms with Crippen LogP contribution >= 0.6 is 0 Å². The molecule has 2 heterocycles.